The summed E-state index contributed by atoms with van der Waals surface area (Å²) < 4.78 is 11.4. The molecule has 33 heavy (non-hydrogen) atoms. The molecule has 2 atom stereocenters. The van der Waals surface area contributed by atoms with Gasteiger partial charge in [-0.1, -0.05) is 12.1 Å². The Morgan fingerprint density at radius 1 is 1.21 bits per heavy atom. The van der Waals surface area contributed by atoms with E-state index in [4.69, 9.17) is 9.47 Å². The van der Waals surface area contributed by atoms with Crippen LogP contribution in [0.25, 0.3) is 5.76 Å². The zero-order chi connectivity index (χ0) is 23.7. The van der Waals surface area contributed by atoms with E-state index in [0.717, 1.165) is 23.3 Å². The molecule has 1 amide bonds. The Bertz CT molecular complexity index is 1110. The molecule has 2 heterocycles. The number of aliphatic hydroxyl groups excluding tert-OH is 1. The van der Waals surface area contributed by atoms with E-state index in [-0.39, 0.29) is 17.4 Å². The molecule has 2 aliphatic rings. The minimum Gasteiger partial charge on any atom is -0.507 e. The summed E-state index contributed by atoms with van der Waals surface area (Å²) in [6.45, 7) is 5.32. The lowest BCUT2D eigenvalue weighted by Crippen LogP contribution is -2.35. The van der Waals surface area contributed by atoms with Gasteiger partial charge in [0, 0.05) is 25.1 Å². The largest absolute Gasteiger partial charge is 0.507 e. The van der Waals surface area contributed by atoms with Crippen molar-refractivity contribution in [3.63, 3.8) is 0 Å². The molecule has 2 unspecified atom stereocenters. The molecule has 7 nitrogen and oxygen atoms in total. The number of carbonyl (C=O) groups is 2. The van der Waals surface area contributed by atoms with Gasteiger partial charge < -0.3 is 24.4 Å². The van der Waals surface area contributed by atoms with E-state index in [1.807, 2.05) is 63.2 Å². The van der Waals surface area contributed by atoms with Gasteiger partial charge in [0.1, 0.15) is 23.4 Å². The highest BCUT2D eigenvalue weighted by Crippen LogP contribution is 2.41. The fourth-order valence-corrected chi connectivity index (χ4v) is 4.43. The van der Waals surface area contributed by atoms with Crippen molar-refractivity contribution in [3.05, 3.63) is 64.7 Å². The summed E-state index contributed by atoms with van der Waals surface area (Å²) in [6, 6.07) is 12.0. The highest BCUT2D eigenvalue weighted by atomic mass is 16.5. The molecule has 0 spiro atoms. The van der Waals surface area contributed by atoms with Crippen molar-refractivity contribution in [2.45, 2.75) is 32.4 Å². The Kier molecular flexibility index (Phi) is 6.42. The monoisotopic (exact) mass is 450 g/mol. The number of ketones is 1. The molecule has 1 saturated heterocycles. The van der Waals surface area contributed by atoms with Gasteiger partial charge in [-0.3, -0.25) is 9.59 Å². The van der Waals surface area contributed by atoms with E-state index < -0.39 is 17.7 Å². The van der Waals surface area contributed by atoms with Gasteiger partial charge in [0.05, 0.1) is 18.2 Å². The lowest BCUT2D eigenvalue weighted by atomic mass is 9.94. The van der Waals surface area contributed by atoms with Crippen LogP contribution in [0.5, 0.6) is 11.5 Å². The summed E-state index contributed by atoms with van der Waals surface area (Å²) >= 11 is 0. The Morgan fingerprint density at radius 3 is 2.73 bits per heavy atom. The SMILES string of the molecule is CCOc1cccc(C2C(=C(O)c3ccc4c(c3)CC(C)O4)C(=O)C(=O)N2CCN(C)C)c1. The average Bonchev–Trinajstić information content (AvgIpc) is 3.28. The molecule has 2 aliphatic heterocycles. The van der Waals surface area contributed by atoms with Crippen molar-refractivity contribution < 1.29 is 24.2 Å². The molecule has 0 saturated carbocycles. The first-order valence-electron chi connectivity index (χ1n) is 11.3. The van der Waals surface area contributed by atoms with Crippen LogP contribution in [0.4, 0.5) is 0 Å². The second kappa shape index (κ2) is 9.27. The van der Waals surface area contributed by atoms with Crippen LogP contribution in [0.2, 0.25) is 0 Å². The molecule has 1 N–H and O–H groups in total. The number of carbonyl (C=O) groups excluding carboxylic acids is 2. The standard InChI is InChI=1S/C26H30N2O5/c1-5-32-20-8-6-7-17(15-20)23-22(25(30)26(31)28(23)12-11-27(3)4)24(29)18-9-10-21-19(14-18)13-16(2)33-21/h6-10,14-16,23,29H,5,11-13H2,1-4H3. The van der Waals surface area contributed by atoms with Crippen LogP contribution in [0.15, 0.2) is 48.0 Å². The Labute approximate surface area is 194 Å². The van der Waals surface area contributed by atoms with Crippen molar-refractivity contribution in [2.24, 2.45) is 0 Å². The van der Waals surface area contributed by atoms with Crippen molar-refractivity contribution in [1.29, 1.82) is 0 Å². The van der Waals surface area contributed by atoms with Crippen LogP contribution in [0.3, 0.4) is 0 Å². The van der Waals surface area contributed by atoms with E-state index in [1.54, 1.807) is 12.1 Å². The van der Waals surface area contributed by atoms with Crippen LogP contribution in [-0.2, 0) is 16.0 Å². The van der Waals surface area contributed by atoms with Gasteiger partial charge in [0.25, 0.3) is 11.7 Å². The quantitative estimate of drug-likeness (QED) is 0.396. The molecule has 1 fully saturated rings. The summed E-state index contributed by atoms with van der Waals surface area (Å²) in [5.74, 6) is -0.0234. The van der Waals surface area contributed by atoms with E-state index in [2.05, 4.69) is 0 Å². The van der Waals surface area contributed by atoms with Gasteiger partial charge in [0.2, 0.25) is 0 Å². The molecule has 4 rings (SSSR count). The maximum Gasteiger partial charge on any atom is 0.295 e. The number of fused-ring (bicyclic) bond motifs is 1. The van der Waals surface area contributed by atoms with Gasteiger partial charge in [0.15, 0.2) is 0 Å². The molecule has 174 valence electrons. The Balaban J connectivity index is 1.82. The lowest BCUT2D eigenvalue weighted by Gasteiger charge is -2.27. The van der Waals surface area contributed by atoms with Crippen LogP contribution in [0, 0.1) is 0 Å². The molecule has 0 radical (unpaired) electrons. The first-order valence-corrected chi connectivity index (χ1v) is 11.3. The number of amides is 1. The van der Waals surface area contributed by atoms with E-state index in [9.17, 15) is 14.7 Å². The minimum absolute atomic E-state index is 0.0651. The molecule has 0 aliphatic carbocycles. The van der Waals surface area contributed by atoms with Crippen molar-refractivity contribution in [3.8, 4) is 11.5 Å². The first-order chi connectivity index (χ1) is 15.8. The van der Waals surface area contributed by atoms with Crippen molar-refractivity contribution in [1.82, 2.24) is 9.80 Å². The fraction of sp³-hybridized carbons (Fsp3) is 0.385. The molecule has 0 aromatic heterocycles. The second-order valence-electron chi connectivity index (χ2n) is 8.76. The smallest absolute Gasteiger partial charge is 0.295 e. The highest BCUT2D eigenvalue weighted by molar-refractivity contribution is 6.46. The van der Waals surface area contributed by atoms with Crippen LogP contribution in [-0.4, -0.2) is 66.5 Å². The maximum absolute atomic E-state index is 13.2. The van der Waals surface area contributed by atoms with Crippen molar-refractivity contribution >= 4 is 17.4 Å². The zero-order valence-corrected chi connectivity index (χ0v) is 19.5. The zero-order valence-electron chi connectivity index (χ0n) is 19.5. The number of hydrogen-bond acceptors (Lipinski definition) is 6. The average molecular weight is 451 g/mol. The summed E-state index contributed by atoms with van der Waals surface area (Å²) in [4.78, 5) is 29.7. The lowest BCUT2D eigenvalue weighted by molar-refractivity contribution is -0.140. The van der Waals surface area contributed by atoms with E-state index >= 15 is 0 Å². The Morgan fingerprint density at radius 2 is 2.00 bits per heavy atom. The molecule has 7 heteroatoms. The number of aliphatic hydroxyl groups is 1. The summed E-state index contributed by atoms with van der Waals surface area (Å²) in [6.07, 6.45) is 0.795. The van der Waals surface area contributed by atoms with E-state index in [0.29, 0.717) is 31.0 Å². The molecule has 2 aromatic carbocycles. The number of rotatable bonds is 7. The third kappa shape index (κ3) is 4.46. The first kappa shape index (κ1) is 22.9. The predicted molar refractivity (Wildman–Crippen MR) is 125 cm³/mol. The normalized spacial score (nSPS) is 21.4. The topological polar surface area (TPSA) is 79.3 Å². The number of hydrogen-bond donors (Lipinski definition) is 1. The van der Waals surface area contributed by atoms with Gasteiger partial charge in [-0.15, -0.1) is 0 Å². The van der Waals surface area contributed by atoms with Gasteiger partial charge in [-0.25, -0.2) is 0 Å². The second-order valence-corrected chi connectivity index (χ2v) is 8.76. The number of Topliss-reactive ketones (excluding diaryl/α,β-unsaturated/α-hetero) is 1. The molecular formula is C26H30N2O5. The summed E-state index contributed by atoms with van der Waals surface area (Å²) in [5.41, 5.74) is 2.30. The molecular weight excluding hydrogens is 420 g/mol. The van der Waals surface area contributed by atoms with E-state index in [1.165, 1.54) is 4.90 Å². The number of benzene rings is 2. The van der Waals surface area contributed by atoms with Crippen molar-refractivity contribution in [2.75, 3.05) is 33.8 Å². The summed E-state index contributed by atoms with van der Waals surface area (Å²) in [7, 11) is 3.82. The summed E-state index contributed by atoms with van der Waals surface area (Å²) in [5, 5.41) is 11.3. The third-order valence-electron chi connectivity index (χ3n) is 5.98. The van der Waals surface area contributed by atoms with Gasteiger partial charge >= 0.3 is 0 Å². The molecule has 0 bridgehead atoms. The van der Waals surface area contributed by atoms with Crippen LogP contribution in [0.1, 0.15) is 36.6 Å². The predicted octanol–water partition coefficient (Wildman–Crippen LogP) is 3.39. The Hall–Kier alpha value is -3.32. The number of nitrogens with zero attached hydrogens (tertiary/aromatic N) is 2. The number of likely N-dealkylation sites (tertiary alicyclic amines) is 1. The fourth-order valence-electron chi connectivity index (χ4n) is 4.43. The number of likely N-dealkylation sites (N-methyl/N-ethyl adjacent to an activating group) is 1. The van der Waals surface area contributed by atoms with Crippen LogP contribution < -0.4 is 9.47 Å². The van der Waals surface area contributed by atoms with Gasteiger partial charge in [-0.05, 0) is 69.4 Å². The minimum atomic E-state index is -0.700. The molecule has 2 aromatic rings. The number of ether oxygens (including phenoxy) is 2. The maximum atomic E-state index is 13.2. The third-order valence-corrected chi connectivity index (χ3v) is 5.98. The van der Waals surface area contributed by atoms with Gasteiger partial charge in [-0.2, -0.15) is 0 Å². The highest BCUT2D eigenvalue weighted by Gasteiger charge is 2.46. The van der Waals surface area contributed by atoms with Crippen LogP contribution >= 0.6 is 0 Å².